The quantitative estimate of drug-likeness (QED) is 0.167. The van der Waals surface area contributed by atoms with Gasteiger partial charge in [0.1, 0.15) is 12.4 Å². The first-order valence-electron chi connectivity index (χ1n) is 15.4. The fraction of sp³-hybridized carbons (Fsp3) is 0.243. The minimum atomic E-state index is -1.89. The Balaban J connectivity index is 1.25. The average molecular weight is 616 g/mol. The Bertz CT molecular complexity index is 2170. The summed E-state index contributed by atoms with van der Waals surface area (Å²) >= 11 is 0. The van der Waals surface area contributed by atoms with Crippen LogP contribution in [0.1, 0.15) is 64.0 Å². The molecular weight excluding hydrogens is 582 g/mol. The smallest absolute Gasteiger partial charge is 0.345 e. The molecule has 1 atom stereocenters. The van der Waals surface area contributed by atoms with Gasteiger partial charge in [-0.2, -0.15) is 0 Å². The molecule has 2 aliphatic heterocycles. The van der Waals surface area contributed by atoms with Crippen LogP contribution in [-0.4, -0.2) is 26.6 Å². The largest absolute Gasteiger partial charge is 0.458 e. The lowest BCUT2D eigenvalue weighted by Gasteiger charge is -2.31. The van der Waals surface area contributed by atoms with E-state index in [1.165, 1.54) is 0 Å². The Kier molecular flexibility index (Phi) is 7.01. The lowest BCUT2D eigenvalue weighted by atomic mass is 9.86. The van der Waals surface area contributed by atoms with Crippen molar-refractivity contribution >= 4 is 34.2 Å². The predicted molar refractivity (Wildman–Crippen MR) is 175 cm³/mol. The minimum Gasteiger partial charge on any atom is -0.458 e. The summed E-state index contributed by atoms with van der Waals surface area (Å²) in [6.45, 7) is 7.90. The second-order valence-corrected chi connectivity index (χ2v) is 11.9. The van der Waals surface area contributed by atoms with Crippen molar-refractivity contribution in [2.24, 2.45) is 0 Å². The van der Waals surface area contributed by atoms with E-state index in [0.29, 0.717) is 46.9 Å². The molecule has 0 aliphatic carbocycles. The zero-order valence-electron chi connectivity index (χ0n) is 26.1. The number of rotatable bonds is 6. The summed E-state index contributed by atoms with van der Waals surface area (Å²) in [7, 11) is 0. The number of carbonyl (C=O) groups excluding carboxylic acids is 2. The molecule has 0 amide bonds. The van der Waals surface area contributed by atoms with E-state index in [1.807, 2.05) is 57.2 Å². The standard InChI is InChI=1S/C37H33N3O6/c1-5-23-25-16-22(46-35(42)24-11-7-8-12-30(24)38-29-13-9-10-20(3)21(29)4)14-15-31(25)39-33-26(23)18-40-32(33)17-28-27(34(40)41)19-45-36(43)37(28,44)6-2/h7-17,38,44H,5-6,18-19H2,1-4H3/t37-/m0/s1. The number of aromatic nitrogens is 2. The molecule has 7 rings (SSSR count). The number of carbonyl (C=O) groups is 2. The van der Waals surface area contributed by atoms with Crippen molar-refractivity contribution in [1.29, 1.82) is 0 Å². The van der Waals surface area contributed by atoms with Crippen molar-refractivity contribution in [3.63, 3.8) is 0 Å². The highest BCUT2D eigenvalue weighted by atomic mass is 16.6. The Hall–Kier alpha value is -5.28. The normalized spacial score (nSPS) is 16.4. The van der Waals surface area contributed by atoms with Crippen LogP contribution in [-0.2, 0) is 34.7 Å². The molecule has 0 spiro atoms. The second kappa shape index (κ2) is 11.0. The maximum absolute atomic E-state index is 13.6. The van der Waals surface area contributed by atoms with Gasteiger partial charge in [0, 0.05) is 22.2 Å². The third-order valence-electron chi connectivity index (χ3n) is 9.36. The number of esters is 2. The number of hydrogen-bond acceptors (Lipinski definition) is 8. The Morgan fingerprint density at radius 1 is 1.02 bits per heavy atom. The van der Waals surface area contributed by atoms with Crippen LogP contribution in [0.3, 0.4) is 0 Å². The highest BCUT2D eigenvalue weighted by Gasteiger charge is 2.45. The summed E-state index contributed by atoms with van der Waals surface area (Å²) in [4.78, 5) is 44.6. The number of cyclic esters (lactones) is 1. The van der Waals surface area contributed by atoms with Crippen molar-refractivity contribution in [3.05, 3.63) is 116 Å². The number of pyridine rings is 2. The third kappa shape index (κ3) is 4.49. The predicted octanol–water partition coefficient (Wildman–Crippen LogP) is 6.22. The zero-order valence-corrected chi connectivity index (χ0v) is 26.1. The molecule has 4 heterocycles. The monoisotopic (exact) mass is 615 g/mol. The minimum absolute atomic E-state index is 0.0769. The number of nitrogens with zero attached hydrogens (tertiary/aromatic N) is 2. The summed E-state index contributed by atoms with van der Waals surface area (Å²) in [6.07, 6.45) is 0.720. The number of anilines is 2. The van der Waals surface area contributed by atoms with Gasteiger partial charge in [-0.25, -0.2) is 14.6 Å². The molecule has 3 aromatic carbocycles. The highest BCUT2D eigenvalue weighted by Crippen LogP contribution is 2.41. The molecule has 2 aromatic heterocycles. The summed E-state index contributed by atoms with van der Waals surface area (Å²) < 4.78 is 12.7. The summed E-state index contributed by atoms with van der Waals surface area (Å²) in [5.41, 5.74) is 6.31. The average Bonchev–Trinajstić information content (AvgIpc) is 3.42. The first-order chi connectivity index (χ1) is 22.1. The molecule has 9 nitrogen and oxygen atoms in total. The van der Waals surface area contributed by atoms with Crippen LogP contribution in [0.2, 0.25) is 0 Å². The molecule has 5 aromatic rings. The molecule has 46 heavy (non-hydrogen) atoms. The topological polar surface area (TPSA) is 120 Å². The lowest BCUT2D eigenvalue weighted by molar-refractivity contribution is -0.172. The Labute approximate surface area is 265 Å². The van der Waals surface area contributed by atoms with Crippen LogP contribution in [0.5, 0.6) is 5.75 Å². The van der Waals surface area contributed by atoms with Gasteiger partial charge in [-0.3, -0.25) is 4.79 Å². The number of hydrogen-bond donors (Lipinski definition) is 2. The van der Waals surface area contributed by atoms with Crippen LogP contribution in [0.25, 0.3) is 22.3 Å². The van der Waals surface area contributed by atoms with Gasteiger partial charge in [0.25, 0.3) is 5.56 Å². The number of para-hydroxylation sites is 1. The van der Waals surface area contributed by atoms with E-state index >= 15 is 0 Å². The van der Waals surface area contributed by atoms with Crippen LogP contribution >= 0.6 is 0 Å². The molecule has 2 aliphatic rings. The SMILES string of the molecule is CCc1c2c(nc3ccc(OC(=O)c4ccccc4Nc4cccc(C)c4C)cc13)-c1cc3c(c(=O)n1C2)COC(=O)[C@]3(O)CC. The zero-order chi connectivity index (χ0) is 32.3. The van der Waals surface area contributed by atoms with E-state index in [1.54, 1.807) is 41.8 Å². The van der Waals surface area contributed by atoms with Gasteiger partial charge < -0.3 is 24.5 Å². The van der Waals surface area contributed by atoms with Crippen LogP contribution < -0.4 is 15.6 Å². The van der Waals surface area contributed by atoms with Gasteiger partial charge in [0.2, 0.25) is 0 Å². The molecule has 2 N–H and O–H groups in total. The second-order valence-electron chi connectivity index (χ2n) is 11.9. The van der Waals surface area contributed by atoms with E-state index in [-0.39, 0.29) is 29.7 Å². The maximum Gasteiger partial charge on any atom is 0.345 e. The summed E-state index contributed by atoms with van der Waals surface area (Å²) in [5.74, 6) is -0.872. The highest BCUT2D eigenvalue weighted by molar-refractivity contribution is 5.98. The van der Waals surface area contributed by atoms with E-state index in [2.05, 4.69) is 5.32 Å². The van der Waals surface area contributed by atoms with Crippen molar-refractivity contribution in [3.8, 4) is 17.1 Å². The molecule has 0 saturated heterocycles. The molecule has 0 fully saturated rings. The van der Waals surface area contributed by atoms with Gasteiger partial charge >= 0.3 is 11.9 Å². The molecular formula is C37H33N3O6. The van der Waals surface area contributed by atoms with E-state index in [0.717, 1.165) is 33.3 Å². The fourth-order valence-corrected chi connectivity index (χ4v) is 6.57. The van der Waals surface area contributed by atoms with Crippen molar-refractivity contribution in [1.82, 2.24) is 9.55 Å². The van der Waals surface area contributed by atoms with Crippen LogP contribution in [0.15, 0.2) is 71.5 Å². The number of benzene rings is 3. The number of ether oxygens (including phenoxy) is 2. The molecule has 232 valence electrons. The van der Waals surface area contributed by atoms with Gasteiger partial charge in [-0.15, -0.1) is 0 Å². The Morgan fingerprint density at radius 2 is 1.80 bits per heavy atom. The lowest BCUT2D eigenvalue weighted by Crippen LogP contribution is -2.44. The van der Waals surface area contributed by atoms with Gasteiger partial charge in [0.05, 0.1) is 40.3 Å². The first kappa shape index (κ1) is 29.4. The summed E-state index contributed by atoms with van der Waals surface area (Å²) in [5, 5.41) is 15.4. The molecule has 9 heteroatoms. The first-order valence-corrected chi connectivity index (χ1v) is 15.4. The van der Waals surface area contributed by atoms with Crippen molar-refractivity contribution < 1.29 is 24.2 Å². The Morgan fingerprint density at radius 3 is 2.59 bits per heavy atom. The molecule has 0 bridgehead atoms. The van der Waals surface area contributed by atoms with Crippen molar-refractivity contribution in [2.45, 2.75) is 59.3 Å². The van der Waals surface area contributed by atoms with Gasteiger partial charge in [-0.05, 0) is 85.8 Å². The summed E-state index contributed by atoms with van der Waals surface area (Å²) in [6, 6.07) is 20.3. The van der Waals surface area contributed by atoms with Gasteiger partial charge in [-0.1, -0.05) is 38.1 Å². The van der Waals surface area contributed by atoms with E-state index < -0.39 is 17.5 Å². The van der Waals surface area contributed by atoms with Crippen LogP contribution in [0.4, 0.5) is 11.4 Å². The molecule has 0 radical (unpaired) electrons. The molecule has 0 unspecified atom stereocenters. The number of aliphatic hydroxyl groups is 1. The molecule has 0 saturated carbocycles. The van der Waals surface area contributed by atoms with Crippen LogP contribution in [0, 0.1) is 13.8 Å². The van der Waals surface area contributed by atoms with E-state index in [4.69, 9.17) is 14.5 Å². The number of aryl methyl sites for hydroxylation is 2. The number of fused-ring (bicyclic) bond motifs is 5. The van der Waals surface area contributed by atoms with Crippen molar-refractivity contribution in [2.75, 3.05) is 5.32 Å². The van der Waals surface area contributed by atoms with E-state index in [9.17, 15) is 19.5 Å². The maximum atomic E-state index is 13.6. The third-order valence-corrected chi connectivity index (χ3v) is 9.36. The number of nitrogens with one attached hydrogen (secondary N) is 1. The fourth-order valence-electron chi connectivity index (χ4n) is 6.57. The van der Waals surface area contributed by atoms with Gasteiger partial charge in [0.15, 0.2) is 5.60 Å².